The van der Waals surface area contributed by atoms with Crippen LogP contribution in [-0.2, 0) is 0 Å². The SMILES string of the molecule is CCC[C@H](c1nnnn1C1CCCC1)[NH+]1CC[NH+](CC)CC1. The van der Waals surface area contributed by atoms with E-state index in [0.717, 1.165) is 5.82 Å². The van der Waals surface area contributed by atoms with Crippen molar-refractivity contribution < 1.29 is 9.80 Å². The van der Waals surface area contributed by atoms with Crippen LogP contribution < -0.4 is 9.80 Å². The lowest BCUT2D eigenvalue weighted by molar-refractivity contribution is -1.03. The number of hydrogen-bond acceptors (Lipinski definition) is 3. The zero-order valence-electron chi connectivity index (χ0n) is 14.2. The Labute approximate surface area is 133 Å². The van der Waals surface area contributed by atoms with Crippen LogP contribution >= 0.6 is 0 Å². The number of quaternary nitrogens is 2. The van der Waals surface area contributed by atoms with Crippen LogP contribution in [0, 0.1) is 0 Å². The molecule has 1 aliphatic heterocycles. The monoisotopic (exact) mass is 308 g/mol. The largest absolute Gasteiger partial charge is 0.326 e. The molecule has 0 unspecified atom stereocenters. The van der Waals surface area contributed by atoms with Gasteiger partial charge in [0.15, 0.2) is 0 Å². The van der Waals surface area contributed by atoms with Gasteiger partial charge in [0.25, 0.3) is 0 Å². The lowest BCUT2D eigenvalue weighted by Crippen LogP contribution is -3.28. The molecule has 3 rings (SSSR count). The molecule has 0 radical (unpaired) electrons. The van der Waals surface area contributed by atoms with Crippen LogP contribution in [0.5, 0.6) is 0 Å². The minimum Gasteiger partial charge on any atom is -0.326 e. The first-order valence-corrected chi connectivity index (χ1v) is 9.29. The van der Waals surface area contributed by atoms with Crippen molar-refractivity contribution in [2.45, 2.75) is 64.5 Å². The quantitative estimate of drug-likeness (QED) is 0.740. The highest BCUT2D eigenvalue weighted by Crippen LogP contribution is 2.30. The summed E-state index contributed by atoms with van der Waals surface area (Å²) >= 11 is 0. The van der Waals surface area contributed by atoms with Crippen LogP contribution in [0.25, 0.3) is 0 Å². The van der Waals surface area contributed by atoms with Gasteiger partial charge in [0, 0.05) is 6.42 Å². The maximum absolute atomic E-state index is 4.47. The van der Waals surface area contributed by atoms with Gasteiger partial charge >= 0.3 is 0 Å². The Hall–Kier alpha value is -1.01. The molecular formula is C16H32N6+2. The molecule has 1 aromatic heterocycles. The van der Waals surface area contributed by atoms with Crippen molar-refractivity contribution in [1.29, 1.82) is 0 Å². The second kappa shape index (κ2) is 7.51. The number of tetrazole rings is 1. The molecule has 2 heterocycles. The molecule has 22 heavy (non-hydrogen) atoms. The molecule has 6 heteroatoms. The van der Waals surface area contributed by atoms with Crippen molar-refractivity contribution >= 4 is 0 Å². The predicted molar refractivity (Wildman–Crippen MR) is 84.9 cm³/mol. The summed E-state index contributed by atoms with van der Waals surface area (Å²) < 4.78 is 2.18. The second-order valence-corrected chi connectivity index (χ2v) is 7.02. The van der Waals surface area contributed by atoms with Crippen LogP contribution in [0.4, 0.5) is 0 Å². The molecule has 2 fully saturated rings. The molecule has 0 aromatic carbocycles. The molecule has 1 saturated heterocycles. The third-order valence-corrected chi connectivity index (χ3v) is 5.67. The Morgan fingerprint density at radius 3 is 2.50 bits per heavy atom. The van der Waals surface area contributed by atoms with Crippen molar-refractivity contribution in [2.75, 3.05) is 32.7 Å². The molecule has 0 amide bonds. The van der Waals surface area contributed by atoms with Crippen LogP contribution in [0.15, 0.2) is 0 Å². The number of nitrogens with one attached hydrogen (secondary N) is 2. The summed E-state index contributed by atoms with van der Waals surface area (Å²) in [6.07, 6.45) is 7.56. The van der Waals surface area contributed by atoms with Gasteiger partial charge in [-0.25, -0.2) is 4.68 Å². The minimum atomic E-state index is 0.485. The smallest absolute Gasteiger partial charge is 0.209 e. The molecule has 1 saturated carbocycles. The van der Waals surface area contributed by atoms with Gasteiger partial charge in [-0.3, -0.25) is 0 Å². The fraction of sp³-hybridized carbons (Fsp3) is 0.938. The Morgan fingerprint density at radius 2 is 1.86 bits per heavy atom. The number of likely N-dealkylation sites (N-methyl/N-ethyl adjacent to an activating group) is 1. The summed E-state index contributed by atoms with van der Waals surface area (Å²) in [5.41, 5.74) is 0. The molecule has 2 aliphatic rings. The van der Waals surface area contributed by atoms with Gasteiger partial charge in [-0.05, 0) is 30.2 Å². The van der Waals surface area contributed by atoms with E-state index < -0.39 is 0 Å². The zero-order chi connectivity index (χ0) is 15.4. The molecular weight excluding hydrogens is 276 g/mol. The fourth-order valence-corrected chi connectivity index (χ4v) is 4.27. The van der Waals surface area contributed by atoms with Crippen LogP contribution in [0.2, 0.25) is 0 Å². The predicted octanol–water partition coefficient (Wildman–Crippen LogP) is -0.567. The van der Waals surface area contributed by atoms with Gasteiger partial charge in [0.1, 0.15) is 32.2 Å². The van der Waals surface area contributed by atoms with Crippen LogP contribution in [0.1, 0.15) is 70.3 Å². The summed E-state index contributed by atoms with van der Waals surface area (Å²) in [4.78, 5) is 3.45. The second-order valence-electron chi connectivity index (χ2n) is 7.02. The van der Waals surface area contributed by atoms with Crippen molar-refractivity contribution in [1.82, 2.24) is 20.2 Å². The topological polar surface area (TPSA) is 52.5 Å². The van der Waals surface area contributed by atoms with E-state index in [2.05, 4.69) is 34.1 Å². The lowest BCUT2D eigenvalue weighted by atomic mass is 10.1. The van der Waals surface area contributed by atoms with E-state index in [9.17, 15) is 0 Å². The average molecular weight is 308 g/mol. The van der Waals surface area contributed by atoms with E-state index >= 15 is 0 Å². The molecule has 1 atom stereocenters. The van der Waals surface area contributed by atoms with Crippen LogP contribution in [-0.4, -0.2) is 52.9 Å². The van der Waals surface area contributed by atoms with Gasteiger partial charge in [0.2, 0.25) is 5.82 Å². The maximum Gasteiger partial charge on any atom is 0.209 e. The number of hydrogen-bond donors (Lipinski definition) is 2. The van der Waals surface area contributed by atoms with Crippen molar-refractivity contribution in [3.63, 3.8) is 0 Å². The standard InChI is InChI=1S/C16H30N6/c1-3-7-15(21-12-10-20(4-2)11-13-21)16-17-18-19-22(16)14-8-5-6-9-14/h14-15H,3-13H2,1-2H3/p+2/t15-/m1/s1. The third kappa shape index (κ3) is 3.33. The van der Waals surface area contributed by atoms with Gasteiger partial charge in [-0.1, -0.05) is 26.2 Å². The Bertz CT molecular complexity index is 445. The fourth-order valence-electron chi connectivity index (χ4n) is 4.27. The Morgan fingerprint density at radius 1 is 1.14 bits per heavy atom. The summed E-state index contributed by atoms with van der Waals surface area (Å²) in [6, 6.07) is 1.03. The van der Waals surface area contributed by atoms with Crippen molar-refractivity contribution in [2.24, 2.45) is 0 Å². The Kier molecular flexibility index (Phi) is 5.41. The van der Waals surface area contributed by atoms with Gasteiger partial charge < -0.3 is 9.80 Å². The lowest BCUT2D eigenvalue weighted by Gasteiger charge is -2.34. The highest BCUT2D eigenvalue weighted by molar-refractivity contribution is 4.91. The molecule has 124 valence electrons. The number of aromatic nitrogens is 4. The average Bonchev–Trinajstić information content (AvgIpc) is 3.23. The van der Waals surface area contributed by atoms with E-state index in [0.29, 0.717) is 12.1 Å². The van der Waals surface area contributed by atoms with Crippen molar-refractivity contribution in [3.8, 4) is 0 Å². The molecule has 2 N–H and O–H groups in total. The first kappa shape index (κ1) is 15.9. The minimum absolute atomic E-state index is 0.485. The highest BCUT2D eigenvalue weighted by atomic mass is 15.6. The third-order valence-electron chi connectivity index (χ3n) is 5.67. The summed E-state index contributed by atoms with van der Waals surface area (Å²) in [6.45, 7) is 10.9. The van der Waals surface area contributed by atoms with Crippen LogP contribution in [0.3, 0.4) is 0 Å². The van der Waals surface area contributed by atoms with E-state index in [1.165, 1.54) is 71.2 Å². The Balaban J connectivity index is 1.75. The maximum atomic E-state index is 4.47. The van der Waals surface area contributed by atoms with Gasteiger partial charge in [0.05, 0.1) is 12.6 Å². The van der Waals surface area contributed by atoms with Crippen molar-refractivity contribution in [3.05, 3.63) is 5.82 Å². The number of piperazine rings is 1. The number of rotatable bonds is 6. The molecule has 0 bridgehead atoms. The zero-order valence-corrected chi connectivity index (χ0v) is 14.2. The van der Waals surface area contributed by atoms with Gasteiger partial charge in [-0.2, -0.15) is 0 Å². The summed E-state index contributed by atoms with van der Waals surface area (Å²) in [7, 11) is 0. The van der Waals surface area contributed by atoms with E-state index in [1.54, 1.807) is 9.80 Å². The summed E-state index contributed by atoms with van der Waals surface area (Å²) in [5.74, 6) is 1.16. The molecule has 0 spiro atoms. The van der Waals surface area contributed by atoms with E-state index in [-0.39, 0.29) is 0 Å². The summed E-state index contributed by atoms with van der Waals surface area (Å²) in [5, 5.41) is 12.9. The molecule has 1 aliphatic carbocycles. The van der Waals surface area contributed by atoms with E-state index in [1.807, 2.05) is 0 Å². The first-order chi connectivity index (χ1) is 10.8. The normalized spacial score (nSPS) is 28.1. The number of nitrogens with zero attached hydrogens (tertiary/aromatic N) is 4. The molecule has 6 nitrogen and oxygen atoms in total. The van der Waals surface area contributed by atoms with Gasteiger partial charge in [-0.15, -0.1) is 5.10 Å². The highest BCUT2D eigenvalue weighted by Gasteiger charge is 2.34. The van der Waals surface area contributed by atoms with E-state index in [4.69, 9.17) is 0 Å². The first-order valence-electron chi connectivity index (χ1n) is 9.29. The molecule has 1 aromatic rings.